The van der Waals surface area contributed by atoms with Crippen LogP contribution in [-0.2, 0) is 25.7 Å². The first-order valence-electron chi connectivity index (χ1n) is 11.7. The number of anilines is 1. The van der Waals surface area contributed by atoms with Gasteiger partial charge in [0.25, 0.3) is 0 Å². The predicted molar refractivity (Wildman–Crippen MR) is 131 cm³/mol. The first-order valence-corrected chi connectivity index (χ1v) is 12.1. The Hall–Kier alpha value is -2.61. The summed E-state index contributed by atoms with van der Waals surface area (Å²) in [5.41, 5.74) is 3.56. The van der Waals surface area contributed by atoms with Crippen molar-refractivity contribution in [2.75, 3.05) is 31.1 Å². The fourth-order valence-corrected chi connectivity index (χ4v) is 5.30. The molecule has 1 saturated heterocycles. The van der Waals surface area contributed by atoms with E-state index in [1.54, 1.807) is 16.8 Å². The van der Waals surface area contributed by atoms with Gasteiger partial charge < -0.3 is 14.7 Å². The molecule has 0 amide bonds. The van der Waals surface area contributed by atoms with E-state index in [2.05, 4.69) is 16.1 Å². The molecule has 5 rings (SSSR count). The van der Waals surface area contributed by atoms with Crippen LogP contribution in [0, 0.1) is 12.7 Å². The molecule has 0 spiro atoms. The van der Waals surface area contributed by atoms with E-state index in [-0.39, 0.29) is 5.82 Å². The number of aromatic nitrogens is 2. The van der Waals surface area contributed by atoms with Crippen LogP contribution in [-0.4, -0.2) is 46.0 Å². The molecule has 6 nitrogen and oxygen atoms in total. The van der Waals surface area contributed by atoms with Crippen molar-refractivity contribution in [2.45, 2.75) is 38.5 Å². The number of fused-ring (bicyclic) bond motifs is 1. The molecule has 3 aromatic rings. The Labute approximate surface area is 204 Å². The van der Waals surface area contributed by atoms with Gasteiger partial charge in [0, 0.05) is 50.9 Å². The quantitative estimate of drug-likeness (QED) is 0.594. The van der Waals surface area contributed by atoms with Crippen molar-refractivity contribution in [3.63, 3.8) is 0 Å². The molecule has 0 aliphatic carbocycles. The largest absolute Gasteiger partial charge is 0.492 e. The van der Waals surface area contributed by atoms with Crippen molar-refractivity contribution in [2.24, 2.45) is 7.05 Å². The van der Waals surface area contributed by atoms with E-state index in [1.807, 2.05) is 37.1 Å². The lowest BCUT2D eigenvalue weighted by Gasteiger charge is -2.40. The molecule has 0 radical (unpaired) electrons. The summed E-state index contributed by atoms with van der Waals surface area (Å²) in [6.07, 6.45) is 1.07. The molecular weight excluding hydrogens is 455 g/mol. The molecule has 2 aliphatic rings. The van der Waals surface area contributed by atoms with E-state index in [0.29, 0.717) is 56.5 Å². The van der Waals surface area contributed by atoms with Crippen LogP contribution >= 0.6 is 11.6 Å². The lowest BCUT2D eigenvalue weighted by atomic mass is 9.83. The average molecular weight is 485 g/mol. The Morgan fingerprint density at radius 1 is 1.15 bits per heavy atom. The summed E-state index contributed by atoms with van der Waals surface area (Å²) in [6.45, 7) is 5.91. The van der Waals surface area contributed by atoms with Crippen molar-refractivity contribution in [3.8, 4) is 5.75 Å². The van der Waals surface area contributed by atoms with Gasteiger partial charge in [0.1, 0.15) is 23.3 Å². The van der Waals surface area contributed by atoms with Crippen LogP contribution < -0.4 is 9.64 Å². The van der Waals surface area contributed by atoms with E-state index < -0.39 is 5.60 Å². The lowest BCUT2D eigenvalue weighted by Crippen LogP contribution is -2.43. The molecule has 1 fully saturated rings. The second-order valence-corrected chi connectivity index (χ2v) is 9.69. The smallest absolute Gasteiger partial charge is 0.146 e. The maximum Gasteiger partial charge on any atom is 0.146 e. The highest BCUT2D eigenvalue weighted by atomic mass is 35.5. The van der Waals surface area contributed by atoms with Crippen molar-refractivity contribution < 1.29 is 14.2 Å². The second kappa shape index (κ2) is 9.21. The monoisotopic (exact) mass is 484 g/mol. The number of aryl methyl sites for hydroxylation is 2. The van der Waals surface area contributed by atoms with Gasteiger partial charge in [-0.1, -0.05) is 29.8 Å². The van der Waals surface area contributed by atoms with E-state index in [9.17, 15) is 9.50 Å². The van der Waals surface area contributed by atoms with Gasteiger partial charge in [0.2, 0.25) is 0 Å². The summed E-state index contributed by atoms with van der Waals surface area (Å²) < 4.78 is 21.9. The van der Waals surface area contributed by atoms with Crippen LogP contribution in [0.5, 0.6) is 5.75 Å². The van der Waals surface area contributed by atoms with Crippen LogP contribution in [0.4, 0.5) is 10.1 Å². The highest BCUT2D eigenvalue weighted by Gasteiger charge is 2.35. The zero-order valence-electron chi connectivity index (χ0n) is 19.6. The summed E-state index contributed by atoms with van der Waals surface area (Å²) in [4.78, 5) is 4.31. The van der Waals surface area contributed by atoms with Crippen molar-refractivity contribution in [1.82, 2.24) is 14.7 Å². The predicted octanol–water partition coefficient (Wildman–Crippen LogP) is 4.40. The zero-order valence-corrected chi connectivity index (χ0v) is 20.4. The number of aliphatic hydroxyl groups is 1. The van der Waals surface area contributed by atoms with Crippen LogP contribution in [0.1, 0.15) is 35.2 Å². The molecular formula is C26H30ClFN4O2. The Balaban J connectivity index is 1.33. The van der Waals surface area contributed by atoms with Crippen LogP contribution in [0.25, 0.3) is 0 Å². The Bertz CT molecular complexity index is 1190. The number of hydrogen-bond donors (Lipinski definition) is 1. The number of halogens is 2. The summed E-state index contributed by atoms with van der Waals surface area (Å²) >= 11 is 6.47. The molecule has 0 bridgehead atoms. The van der Waals surface area contributed by atoms with Gasteiger partial charge in [-0.05, 0) is 49.6 Å². The SMILES string of the molecule is Cc1nn(C)c(Cl)c1CN1CCOc2ccc(C3(O)CCN(c4ccccc4F)CC3)cc2C1. The van der Waals surface area contributed by atoms with Crippen LogP contribution in [0.2, 0.25) is 5.15 Å². The maximum absolute atomic E-state index is 14.2. The number of nitrogens with zero attached hydrogens (tertiary/aromatic N) is 4. The van der Waals surface area contributed by atoms with Gasteiger partial charge >= 0.3 is 0 Å². The molecule has 0 saturated carbocycles. The average Bonchev–Trinajstić information content (AvgIpc) is 2.97. The van der Waals surface area contributed by atoms with Crippen molar-refractivity contribution >= 4 is 17.3 Å². The first-order chi connectivity index (χ1) is 16.3. The summed E-state index contributed by atoms with van der Waals surface area (Å²) in [5, 5.41) is 16.6. The normalized spacial score (nSPS) is 18.3. The molecule has 3 heterocycles. The molecule has 1 N–H and O–H groups in total. The number of hydrogen-bond acceptors (Lipinski definition) is 5. The number of benzene rings is 2. The van der Waals surface area contributed by atoms with Crippen molar-refractivity contribution in [3.05, 3.63) is 75.8 Å². The van der Waals surface area contributed by atoms with Crippen molar-refractivity contribution in [1.29, 1.82) is 0 Å². The topological polar surface area (TPSA) is 53.8 Å². The summed E-state index contributed by atoms with van der Waals surface area (Å²) in [7, 11) is 1.85. The number of piperidine rings is 1. The zero-order chi connectivity index (χ0) is 23.9. The molecule has 34 heavy (non-hydrogen) atoms. The Morgan fingerprint density at radius 3 is 2.62 bits per heavy atom. The minimum atomic E-state index is -0.947. The maximum atomic E-state index is 14.2. The third kappa shape index (κ3) is 4.40. The number of para-hydroxylation sites is 1. The number of rotatable bonds is 4. The minimum absolute atomic E-state index is 0.223. The van der Waals surface area contributed by atoms with Gasteiger partial charge in [-0.2, -0.15) is 5.10 Å². The van der Waals surface area contributed by atoms with E-state index in [1.165, 1.54) is 6.07 Å². The van der Waals surface area contributed by atoms with E-state index in [4.69, 9.17) is 16.3 Å². The number of ether oxygens (including phenoxy) is 1. The molecule has 180 valence electrons. The van der Waals surface area contributed by atoms with Crippen LogP contribution in [0.3, 0.4) is 0 Å². The molecule has 8 heteroatoms. The molecule has 0 atom stereocenters. The van der Waals surface area contributed by atoms with Gasteiger partial charge in [0.15, 0.2) is 0 Å². The minimum Gasteiger partial charge on any atom is -0.492 e. The van der Waals surface area contributed by atoms with Gasteiger partial charge in [-0.15, -0.1) is 0 Å². The third-order valence-corrected chi connectivity index (χ3v) is 7.56. The fraction of sp³-hybridized carbons (Fsp3) is 0.423. The summed E-state index contributed by atoms with van der Waals surface area (Å²) in [6, 6.07) is 12.8. The van der Waals surface area contributed by atoms with Gasteiger partial charge in [0.05, 0.1) is 17.0 Å². The fourth-order valence-electron chi connectivity index (χ4n) is 5.06. The Kier molecular flexibility index (Phi) is 6.27. The lowest BCUT2D eigenvalue weighted by molar-refractivity contribution is 0.0115. The van der Waals surface area contributed by atoms with E-state index >= 15 is 0 Å². The highest BCUT2D eigenvalue weighted by molar-refractivity contribution is 6.30. The van der Waals surface area contributed by atoms with Gasteiger partial charge in [-0.25, -0.2) is 4.39 Å². The van der Waals surface area contributed by atoms with E-state index in [0.717, 1.165) is 34.7 Å². The van der Waals surface area contributed by atoms with Crippen LogP contribution in [0.15, 0.2) is 42.5 Å². The molecule has 2 aliphatic heterocycles. The second-order valence-electron chi connectivity index (χ2n) is 9.33. The molecule has 1 aromatic heterocycles. The summed E-state index contributed by atoms with van der Waals surface area (Å²) in [5.74, 6) is 0.631. The first kappa shape index (κ1) is 23.1. The molecule has 2 aromatic carbocycles. The molecule has 0 unspecified atom stereocenters. The highest BCUT2D eigenvalue weighted by Crippen LogP contribution is 2.38. The third-order valence-electron chi connectivity index (χ3n) is 7.09. The van der Waals surface area contributed by atoms with Gasteiger partial charge in [-0.3, -0.25) is 9.58 Å². The Morgan fingerprint density at radius 2 is 1.91 bits per heavy atom. The standard InChI is InChI=1S/C26H30ClFN4O2/c1-18-21(25(27)30(2)29-18)17-31-13-14-34-24-8-7-20(15-19(24)16-31)26(33)9-11-32(12-10-26)23-6-4-3-5-22(23)28/h3-8,15,33H,9-14,16-17H2,1-2H3.